The lowest BCUT2D eigenvalue weighted by molar-refractivity contribution is -0.436. The van der Waals surface area contributed by atoms with Crippen LogP contribution in [-0.2, 0) is 16.1 Å². The molecule has 6 nitrogen and oxygen atoms in total. The average molecular weight is 700 g/mol. The van der Waals surface area contributed by atoms with E-state index in [1.807, 2.05) is 0 Å². The van der Waals surface area contributed by atoms with Crippen molar-refractivity contribution in [2.45, 2.75) is 77.2 Å². The Labute approximate surface area is 303 Å². The fourth-order valence-corrected chi connectivity index (χ4v) is 8.24. The number of carboxylic acid groups (broad SMARTS) is 2. The molecule has 7 rings (SSSR count). The molecule has 0 amide bonds. The standard InChI is InChI=1S/C44H43ClN2O4/c45-44-32(24-26-36-34-18-8-12-30-14-10-20-38(42(30)34)46(36)28-5-1-3-22-40(48)49)16-7-17-33(44)25-27-37-35-19-9-13-31-15-11-21-39(43(31)35)47(37)29-6-2-4-23-41(50)51/h8-15,18-21,24-27H,1-7,16-17,22-23,28-29H2,(H-,48,49,50,51)/p+1. The summed E-state index contributed by atoms with van der Waals surface area (Å²) in [5.74, 6) is -1.47. The molecule has 4 aromatic carbocycles. The number of benzene rings is 4. The SMILES string of the molecule is O=C(O)CCCCCn1c(=CC=C2CCCC(C=CC3=[N+](CCCCCC(=O)O)c4cccc5cccc3c45)=C2Cl)c2cccc3cccc1c32. The van der Waals surface area contributed by atoms with Crippen LogP contribution in [0.2, 0.25) is 0 Å². The maximum atomic E-state index is 11.1. The Morgan fingerprint density at radius 2 is 1.43 bits per heavy atom. The quantitative estimate of drug-likeness (QED) is 0.0842. The Morgan fingerprint density at radius 3 is 2.20 bits per heavy atom. The number of halogens is 1. The van der Waals surface area contributed by atoms with Crippen LogP contribution in [0.15, 0.2) is 107 Å². The monoisotopic (exact) mass is 699 g/mol. The zero-order valence-electron chi connectivity index (χ0n) is 28.9. The highest BCUT2D eigenvalue weighted by atomic mass is 35.5. The van der Waals surface area contributed by atoms with Crippen LogP contribution in [0.1, 0.15) is 76.2 Å². The molecule has 7 heteroatoms. The number of carboxylic acids is 2. The summed E-state index contributed by atoms with van der Waals surface area (Å²) in [6, 6.07) is 25.9. The molecule has 2 N–H and O–H groups in total. The Morgan fingerprint density at radius 1 is 0.745 bits per heavy atom. The summed E-state index contributed by atoms with van der Waals surface area (Å²) in [4.78, 5) is 22.1. The number of carbonyl (C=O) groups is 2. The van der Waals surface area contributed by atoms with Crippen LogP contribution in [0.3, 0.4) is 0 Å². The Bertz CT molecular complexity index is 2310. The summed E-state index contributed by atoms with van der Waals surface area (Å²) in [6.45, 7) is 1.65. The van der Waals surface area contributed by atoms with Gasteiger partial charge in [0.1, 0.15) is 6.54 Å². The van der Waals surface area contributed by atoms with Gasteiger partial charge in [-0.15, -0.1) is 0 Å². The molecule has 1 aliphatic heterocycles. The van der Waals surface area contributed by atoms with E-state index in [0.717, 1.165) is 85.3 Å². The summed E-state index contributed by atoms with van der Waals surface area (Å²) in [5.41, 5.74) is 7.06. The van der Waals surface area contributed by atoms with E-state index in [1.165, 1.54) is 43.7 Å². The van der Waals surface area contributed by atoms with Gasteiger partial charge in [-0.1, -0.05) is 84.8 Å². The summed E-state index contributed by atoms with van der Waals surface area (Å²) >= 11 is 7.22. The average Bonchev–Trinajstić information content (AvgIpc) is 3.60. The fourth-order valence-electron chi connectivity index (χ4n) is 7.92. The summed E-state index contributed by atoms with van der Waals surface area (Å²) in [7, 11) is 0. The third kappa shape index (κ3) is 7.29. The zero-order chi connectivity index (χ0) is 35.3. The normalized spacial score (nSPS) is 15.9. The first-order valence-corrected chi connectivity index (χ1v) is 18.7. The lowest BCUT2D eigenvalue weighted by atomic mass is 9.93. The van der Waals surface area contributed by atoms with E-state index in [9.17, 15) is 9.59 Å². The molecule has 0 radical (unpaired) electrons. The third-order valence-corrected chi connectivity index (χ3v) is 10.9. The molecular weight excluding hydrogens is 656 g/mol. The molecular formula is C44H44ClN2O4+. The molecule has 2 aliphatic rings. The van der Waals surface area contributed by atoms with Crippen LogP contribution in [0.25, 0.3) is 38.5 Å². The van der Waals surface area contributed by atoms with Crippen LogP contribution < -0.4 is 5.35 Å². The molecule has 0 bridgehead atoms. The van der Waals surface area contributed by atoms with Gasteiger partial charge >= 0.3 is 11.9 Å². The molecule has 5 aromatic rings. The van der Waals surface area contributed by atoms with Crippen LogP contribution in [0.5, 0.6) is 0 Å². The molecule has 0 spiro atoms. The number of aromatic nitrogens is 1. The Kier molecular flexibility index (Phi) is 10.5. The van der Waals surface area contributed by atoms with Gasteiger partial charge in [-0.25, -0.2) is 0 Å². The highest BCUT2D eigenvalue weighted by Gasteiger charge is 2.30. The second-order valence-electron chi connectivity index (χ2n) is 13.7. The third-order valence-electron chi connectivity index (χ3n) is 10.4. The number of aryl methyl sites for hydroxylation is 1. The van der Waals surface area contributed by atoms with E-state index < -0.39 is 11.9 Å². The van der Waals surface area contributed by atoms with Gasteiger partial charge in [0.25, 0.3) is 0 Å². The van der Waals surface area contributed by atoms with Gasteiger partial charge in [0.15, 0.2) is 0 Å². The van der Waals surface area contributed by atoms with E-state index in [0.29, 0.717) is 12.8 Å². The number of hydrogen-bond donors (Lipinski definition) is 2. The van der Waals surface area contributed by atoms with Crippen LogP contribution in [0.4, 0.5) is 5.69 Å². The number of unbranched alkanes of at least 4 members (excludes halogenated alkanes) is 4. The second kappa shape index (κ2) is 15.5. The van der Waals surface area contributed by atoms with Crippen molar-refractivity contribution in [1.82, 2.24) is 4.57 Å². The second-order valence-corrected chi connectivity index (χ2v) is 14.1. The van der Waals surface area contributed by atoms with Gasteiger partial charge < -0.3 is 14.8 Å². The minimum Gasteiger partial charge on any atom is -0.481 e. The molecule has 260 valence electrons. The number of nitrogens with zero attached hydrogens (tertiary/aromatic N) is 2. The van der Waals surface area contributed by atoms with Gasteiger partial charge in [-0.3, -0.25) is 9.59 Å². The topological polar surface area (TPSA) is 82.5 Å². The molecule has 0 fully saturated rings. The number of allylic oxidation sites excluding steroid dienone is 6. The number of hydrogen-bond acceptors (Lipinski definition) is 2. The van der Waals surface area contributed by atoms with E-state index in [1.54, 1.807) is 0 Å². The van der Waals surface area contributed by atoms with Crippen molar-refractivity contribution in [3.63, 3.8) is 0 Å². The van der Waals surface area contributed by atoms with E-state index in [4.69, 9.17) is 21.8 Å². The predicted octanol–water partition coefficient (Wildman–Crippen LogP) is 10.0. The van der Waals surface area contributed by atoms with Crippen molar-refractivity contribution >= 4 is 73.5 Å². The van der Waals surface area contributed by atoms with Crippen molar-refractivity contribution in [3.05, 3.63) is 118 Å². The lowest BCUT2D eigenvalue weighted by Crippen LogP contribution is -2.16. The molecule has 0 saturated carbocycles. The van der Waals surface area contributed by atoms with E-state index in [2.05, 4.69) is 106 Å². The minimum atomic E-state index is -0.737. The fraction of sp³-hybridized carbons (Fsp3) is 0.295. The first-order chi connectivity index (χ1) is 24.9. The largest absolute Gasteiger partial charge is 0.481 e. The van der Waals surface area contributed by atoms with Crippen molar-refractivity contribution < 1.29 is 24.4 Å². The maximum absolute atomic E-state index is 11.1. The van der Waals surface area contributed by atoms with Gasteiger partial charge in [0, 0.05) is 64.6 Å². The smallest absolute Gasteiger partial charge is 0.303 e. The first kappa shape index (κ1) is 34.5. The van der Waals surface area contributed by atoms with Gasteiger partial charge in [0.2, 0.25) is 11.4 Å². The molecule has 0 unspecified atom stereocenters. The van der Waals surface area contributed by atoms with Crippen molar-refractivity contribution in [1.29, 1.82) is 0 Å². The van der Waals surface area contributed by atoms with Crippen molar-refractivity contribution in [3.8, 4) is 0 Å². The summed E-state index contributed by atoms with van der Waals surface area (Å²) < 4.78 is 4.78. The predicted molar refractivity (Wildman–Crippen MR) is 208 cm³/mol. The minimum absolute atomic E-state index is 0.209. The molecule has 0 atom stereocenters. The van der Waals surface area contributed by atoms with Crippen LogP contribution in [-0.4, -0.2) is 43.6 Å². The van der Waals surface area contributed by atoms with Gasteiger partial charge in [0.05, 0.1) is 10.9 Å². The van der Waals surface area contributed by atoms with E-state index in [-0.39, 0.29) is 12.8 Å². The van der Waals surface area contributed by atoms with Crippen LogP contribution in [0, 0.1) is 0 Å². The van der Waals surface area contributed by atoms with Gasteiger partial charge in [-0.2, -0.15) is 4.58 Å². The summed E-state index contributed by atoms with van der Waals surface area (Å²) in [5, 5.41) is 26.3. The highest BCUT2D eigenvalue weighted by molar-refractivity contribution is 6.32. The van der Waals surface area contributed by atoms with Crippen LogP contribution >= 0.6 is 11.6 Å². The highest BCUT2D eigenvalue weighted by Crippen LogP contribution is 2.37. The molecule has 2 heterocycles. The number of aliphatic carboxylic acids is 2. The summed E-state index contributed by atoms with van der Waals surface area (Å²) in [6.07, 6.45) is 17.1. The van der Waals surface area contributed by atoms with Crippen molar-refractivity contribution in [2.75, 3.05) is 6.54 Å². The molecule has 0 saturated heterocycles. The Balaban J connectivity index is 1.21. The lowest BCUT2D eigenvalue weighted by Gasteiger charge is -2.16. The zero-order valence-corrected chi connectivity index (χ0v) is 29.7. The molecule has 1 aliphatic carbocycles. The Hall–Kier alpha value is -4.94. The first-order valence-electron chi connectivity index (χ1n) is 18.3. The molecule has 1 aromatic heterocycles. The van der Waals surface area contributed by atoms with Gasteiger partial charge in [-0.05, 0) is 85.1 Å². The van der Waals surface area contributed by atoms with Crippen molar-refractivity contribution in [2.24, 2.45) is 0 Å². The number of rotatable bonds is 15. The van der Waals surface area contributed by atoms with E-state index >= 15 is 0 Å². The maximum Gasteiger partial charge on any atom is 0.303 e. The molecule has 51 heavy (non-hydrogen) atoms.